The minimum absolute atomic E-state index is 0. The Morgan fingerprint density at radius 2 is 2.12 bits per heavy atom. The molecule has 0 aliphatic carbocycles. The van der Waals surface area contributed by atoms with Gasteiger partial charge in [-0.2, -0.15) is 4.31 Å². The van der Waals surface area contributed by atoms with E-state index in [4.69, 9.17) is 4.74 Å². The molecule has 1 N–H and O–H groups in total. The first kappa shape index (κ1) is 20.6. The topological polar surface area (TPSA) is 76.5 Å². The molecule has 1 aliphatic heterocycles. The number of hydrogen-bond donors (Lipinski definition) is 1. The lowest BCUT2D eigenvalue weighted by atomic mass is 10.2. The van der Waals surface area contributed by atoms with E-state index in [-0.39, 0.29) is 35.2 Å². The lowest BCUT2D eigenvalue weighted by Gasteiger charge is -2.35. The minimum atomic E-state index is -3.89. The van der Waals surface area contributed by atoms with Crippen molar-refractivity contribution in [2.24, 2.45) is 7.05 Å². The van der Waals surface area contributed by atoms with Crippen molar-refractivity contribution in [1.82, 2.24) is 19.2 Å². The highest BCUT2D eigenvalue weighted by Gasteiger charge is 2.37. The zero-order valence-corrected chi connectivity index (χ0v) is 16.4. The zero-order valence-electron chi connectivity index (χ0n) is 14.8. The Morgan fingerprint density at radius 3 is 2.73 bits per heavy atom. The molecular formula is C16H22ClFN4O3S. The zero-order chi connectivity index (χ0) is 18.2. The molecule has 144 valence electrons. The van der Waals surface area contributed by atoms with Gasteiger partial charge >= 0.3 is 0 Å². The number of nitrogens with zero attached hydrogens (tertiary/aromatic N) is 3. The molecule has 0 saturated carbocycles. The van der Waals surface area contributed by atoms with Crippen molar-refractivity contribution < 1.29 is 17.5 Å². The van der Waals surface area contributed by atoms with Crippen LogP contribution in [0.2, 0.25) is 0 Å². The van der Waals surface area contributed by atoms with Gasteiger partial charge in [0.15, 0.2) is 11.6 Å². The molecule has 1 unspecified atom stereocenters. The number of halogens is 2. The highest BCUT2D eigenvalue weighted by molar-refractivity contribution is 7.89. The number of nitrogens with one attached hydrogen (secondary N) is 1. The number of aryl methyl sites for hydroxylation is 1. The average molecular weight is 405 g/mol. The van der Waals surface area contributed by atoms with Crippen LogP contribution in [0, 0.1) is 12.7 Å². The fourth-order valence-corrected chi connectivity index (χ4v) is 4.90. The lowest BCUT2D eigenvalue weighted by Crippen LogP contribution is -2.49. The number of methoxy groups -OCH3 is 1. The molecule has 0 spiro atoms. The molecule has 10 heteroatoms. The average Bonchev–Trinajstić information content (AvgIpc) is 3.03. The summed E-state index contributed by atoms with van der Waals surface area (Å²) < 4.78 is 48.9. The van der Waals surface area contributed by atoms with Crippen LogP contribution in [-0.2, 0) is 17.1 Å². The van der Waals surface area contributed by atoms with Gasteiger partial charge < -0.3 is 14.6 Å². The van der Waals surface area contributed by atoms with Crippen LogP contribution in [0.15, 0.2) is 29.4 Å². The summed E-state index contributed by atoms with van der Waals surface area (Å²) in [6, 6.07) is 2.28. The first-order chi connectivity index (χ1) is 11.9. The predicted octanol–water partition coefficient (Wildman–Crippen LogP) is 1.63. The van der Waals surface area contributed by atoms with Gasteiger partial charge in [0.1, 0.15) is 5.82 Å². The summed E-state index contributed by atoms with van der Waals surface area (Å²) >= 11 is 0. The highest BCUT2D eigenvalue weighted by atomic mass is 35.5. The lowest BCUT2D eigenvalue weighted by molar-refractivity contribution is 0.258. The monoisotopic (exact) mass is 404 g/mol. The molecule has 1 aromatic heterocycles. The van der Waals surface area contributed by atoms with Crippen LogP contribution in [0.5, 0.6) is 5.75 Å². The highest BCUT2D eigenvalue weighted by Crippen LogP contribution is 2.32. The molecule has 1 aliphatic rings. The van der Waals surface area contributed by atoms with Crippen molar-refractivity contribution in [1.29, 1.82) is 0 Å². The predicted molar refractivity (Wildman–Crippen MR) is 97.6 cm³/mol. The van der Waals surface area contributed by atoms with Crippen LogP contribution in [0.25, 0.3) is 0 Å². The quantitative estimate of drug-likeness (QED) is 0.838. The van der Waals surface area contributed by atoms with Gasteiger partial charge in [0.25, 0.3) is 0 Å². The molecule has 0 amide bonds. The summed E-state index contributed by atoms with van der Waals surface area (Å²) in [6.07, 6.45) is 3.40. The largest absolute Gasteiger partial charge is 0.494 e. The second kappa shape index (κ2) is 7.91. The SMILES string of the molecule is COc1ccc(S(=O)(=O)N2CCNCC2c2nccn2C)c(C)c1F.Cl. The Hall–Kier alpha value is -1.68. The van der Waals surface area contributed by atoms with Crippen molar-refractivity contribution in [2.75, 3.05) is 26.7 Å². The number of imidazole rings is 1. The van der Waals surface area contributed by atoms with E-state index in [9.17, 15) is 12.8 Å². The van der Waals surface area contributed by atoms with Crippen molar-refractivity contribution in [3.05, 3.63) is 41.7 Å². The summed E-state index contributed by atoms with van der Waals surface area (Å²) in [4.78, 5) is 4.24. The molecule has 0 bridgehead atoms. The number of aromatic nitrogens is 2. The van der Waals surface area contributed by atoms with E-state index in [1.807, 2.05) is 7.05 Å². The van der Waals surface area contributed by atoms with E-state index >= 15 is 0 Å². The van der Waals surface area contributed by atoms with E-state index in [0.29, 0.717) is 18.9 Å². The maximum Gasteiger partial charge on any atom is 0.244 e. The fraction of sp³-hybridized carbons (Fsp3) is 0.438. The van der Waals surface area contributed by atoms with Gasteiger partial charge in [-0.25, -0.2) is 17.8 Å². The maximum absolute atomic E-state index is 14.4. The molecule has 7 nitrogen and oxygen atoms in total. The van der Waals surface area contributed by atoms with Crippen LogP contribution in [0.4, 0.5) is 4.39 Å². The van der Waals surface area contributed by atoms with E-state index in [0.717, 1.165) is 0 Å². The Bertz CT molecular complexity index is 888. The third-order valence-corrected chi connectivity index (χ3v) is 6.51. The second-order valence-corrected chi connectivity index (χ2v) is 7.80. The van der Waals surface area contributed by atoms with Gasteiger partial charge in [-0.1, -0.05) is 0 Å². The number of sulfonamides is 1. The molecule has 0 radical (unpaired) electrons. The molecule has 3 rings (SSSR count). The van der Waals surface area contributed by atoms with Crippen molar-refractivity contribution in [2.45, 2.75) is 17.9 Å². The first-order valence-corrected chi connectivity index (χ1v) is 9.34. The van der Waals surface area contributed by atoms with E-state index < -0.39 is 21.9 Å². The van der Waals surface area contributed by atoms with Crippen LogP contribution in [0.3, 0.4) is 0 Å². The van der Waals surface area contributed by atoms with Crippen molar-refractivity contribution >= 4 is 22.4 Å². The molecule has 2 heterocycles. The minimum Gasteiger partial charge on any atom is -0.494 e. The van der Waals surface area contributed by atoms with Gasteiger partial charge in [0.2, 0.25) is 10.0 Å². The van der Waals surface area contributed by atoms with Gasteiger partial charge in [0, 0.05) is 44.6 Å². The number of ether oxygens (including phenoxy) is 1. The van der Waals surface area contributed by atoms with Gasteiger partial charge in [-0.05, 0) is 19.1 Å². The molecule has 1 fully saturated rings. The van der Waals surface area contributed by atoms with Crippen LogP contribution in [-0.4, -0.2) is 49.0 Å². The molecule has 1 atom stereocenters. The third-order valence-electron chi connectivity index (χ3n) is 4.46. The van der Waals surface area contributed by atoms with Crippen molar-refractivity contribution in [3.8, 4) is 5.75 Å². The molecule has 1 saturated heterocycles. The summed E-state index contributed by atoms with van der Waals surface area (Å²) in [6.45, 7) is 2.70. The smallest absolute Gasteiger partial charge is 0.244 e. The second-order valence-electron chi connectivity index (χ2n) is 5.94. The normalized spacial score (nSPS) is 18.4. The number of rotatable bonds is 4. The molecule has 2 aromatic rings. The van der Waals surface area contributed by atoms with Crippen LogP contribution < -0.4 is 10.1 Å². The Kier molecular flexibility index (Phi) is 6.28. The standard InChI is InChI=1S/C16H21FN4O3S.ClH/c1-11-14(5-4-13(24-3)15(11)17)25(22,23)21-9-6-18-10-12(21)16-19-7-8-20(16)2;/h4-5,7-8,12,18H,6,9-10H2,1-3H3;1H. The molecular weight excluding hydrogens is 383 g/mol. The van der Waals surface area contributed by atoms with Gasteiger partial charge in [-0.15, -0.1) is 12.4 Å². The van der Waals surface area contributed by atoms with E-state index in [2.05, 4.69) is 10.3 Å². The van der Waals surface area contributed by atoms with Gasteiger partial charge in [0.05, 0.1) is 18.0 Å². The van der Waals surface area contributed by atoms with E-state index in [1.54, 1.807) is 17.0 Å². The van der Waals surface area contributed by atoms with Gasteiger partial charge in [-0.3, -0.25) is 0 Å². The maximum atomic E-state index is 14.4. The summed E-state index contributed by atoms with van der Waals surface area (Å²) in [5.74, 6) is 0.00655. The summed E-state index contributed by atoms with van der Waals surface area (Å²) in [5.41, 5.74) is 0.0523. The van der Waals surface area contributed by atoms with Crippen LogP contribution in [0.1, 0.15) is 17.4 Å². The Balaban J connectivity index is 0.00000243. The molecule has 1 aromatic carbocycles. The van der Waals surface area contributed by atoms with Crippen molar-refractivity contribution in [3.63, 3.8) is 0 Å². The Morgan fingerprint density at radius 1 is 1.38 bits per heavy atom. The number of benzene rings is 1. The Labute approximate surface area is 158 Å². The third kappa shape index (κ3) is 3.44. The molecule has 26 heavy (non-hydrogen) atoms. The number of hydrogen-bond acceptors (Lipinski definition) is 5. The summed E-state index contributed by atoms with van der Waals surface area (Å²) in [7, 11) is -0.722. The number of piperazine rings is 1. The van der Waals surface area contributed by atoms with Crippen LogP contribution >= 0.6 is 12.4 Å². The van der Waals surface area contributed by atoms with E-state index in [1.165, 1.54) is 30.5 Å². The fourth-order valence-electron chi connectivity index (χ4n) is 3.10. The summed E-state index contributed by atoms with van der Waals surface area (Å²) in [5, 5.41) is 3.19. The first-order valence-electron chi connectivity index (χ1n) is 7.90.